The summed E-state index contributed by atoms with van der Waals surface area (Å²) in [5.41, 5.74) is 0.676. The Morgan fingerprint density at radius 2 is 1.04 bits per heavy atom. The molecule has 0 unspecified atom stereocenters. The van der Waals surface area contributed by atoms with Crippen LogP contribution in [-0.2, 0) is 22.4 Å². The largest absolute Gasteiger partial charge is 0.478 e. The third kappa shape index (κ3) is 4.37. The number of aliphatic carboxylic acids is 2. The van der Waals surface area contributed by atoms with Gasteiger partial charge in [-0.2, -0.15) is 0 Å². The molecule has 24 heavy (non-hydrogen) atoms. The molecule has 6 heteroatoms. The molecule has 0 bridgehead atoms. The van der Waals surface area contributed by atoms with E-state index in [-0.39, 0.29) is 24.0 Å². The van der Waals surface area contributed by atoms with Gasteiger partial charge in [-0.05, 0) is 23.3 Å². The van der Waals surface area contributed by atoms with Crippen LogP contribution in [0.4, 0.5) is 0 Å². The number of carboxylic acids is 2. The monoisotopic (exact) mass is 364 g/mol. The zero-order valence-electron chi connectivity index (χ0n) is 12.5. The van der Waals surface area contributed by atoms with E-state index in [1.54, 1.807) is 48.5 Å². The molecular weight excluding hydrogens is 351 g/mol. The van der Waals surface area contributed by atoms with Crippen molar-refractivity contribution in [2.75, 3.05) is 0 Å². The van der Waals surface area contributed by atoms with Crippen molar-refractivity contribution in [1.82, 2.24) is 0 Å². The summed E-state index contributed by atoms with van der Waals surface area (Å²) in [7, 11) is 0. The standard InChI is InChI=1S/C18H14Cl2O4/c19-15-7-3-1-5-11(15)9-13(17(21)22)14(18(23)24)10-12-6-2-4-8-16(12)20/h1-8H,9-10H2,(H,21,22)(H,23,24)/b14-13+. The highest BCUT2D eigenvalue weighted by molar-refractivity contribution is 6.31. The molecule has 2 aromatic rings. The molecule has 2 N–H and O–H groups in total. The van der Waals surface area contributed by atoms with Gasteiger partial charge in [0.1, 0.15) is 0 Å². The highest BCUT2D eigenvalue weighted by atomic mass is 35.5. The van der Waals surface area contributed by atoms with Gasteiger partial charge in [0, 0.05) is 22.9 Å². The van der Waals surface area contributed by atoms with Gasteiger partial charge in [-0.3, -0.25) is 0 Å². The van der Waals surface area contributed by atoms with Crippen LogP contribution in [-0.4, -0.2) is 22.2 Å². The molecule has 0 fully saturated rings. The first-order chi connectivity index (χ1) is 11.4. The first-order valence-electron chi connectivity index (χ1n) is 7.05. The number of hydrogen-bond donors (Lipinski definition) is 2. The van der Waals surface area contributed by atoms with Gasteiger partial charge >= 0.3 is 11.9 Å². The van der Waals surface area contributed by atoms with Gasteiger partial charge in [-0.25, -0.2) is 9.59 Å². The summed E-state index contributed by atoms with van der Waals surface area (Å²) in [5.74, 6) is -2.58. The van der Waals surface area contributed by atoms with Crippen LogP contribution in [0.3, 0.4) is 0 Å². The fraction of sp³-hybridized carbons (Fsp3) is 0.111. The lowest BCUT2D eigenvalue weighted by atomic mass is 9.95. The molecule has 0 heterocycles. The topological polar surface area (TPSA) is 74.6 Å². The number of benzene rings is 2. The molecule has 124 valence electrons. The van der Waals surface area contributed by atoms with E-state index >= 15 is 0 Å². The normalized spacial score (nSPS) is 11.8. The van der Waals surface area contributed by atoms with Crippen molar-refractivity contribution in [2.45, 2.75) is 12.8 Å². The van der Waals surface area contributed by atoms with E-state index in [1.165, 1.54) is 0 Å². The van der Waals surface area contributed by atoms with Crippen molar-refractivity contribution in [3.63, 3.8) is 0 Å². The second-order valence-electron chi connectivity index (χ2n) is 5.10. The van der Waals surface area contributed by atoms with Gasteiger partial charge in [0.2, 0.25) is 0 Å². The Labute approximate surface area is 149 Å². The van der Waals surface area contributed by atoms with E-state index in [1.807, 2.05) is 0 Å². The molecule has 0 aliphatic rings. The molecule has 0 saturated carbocycles. The summed E-state index contributed by atoms with van der Waals surface area (Å²) in [6, 6.07) is 13.5. The summed E-state index contributed by atoms with van der Waals surface area (Å²) in [4.78, 5) is 23.3. The molecule has 4 nitrogen and oxygen atoms in total. The molecule has 0 spiro atoms. The zero-order chi connectivity index (χ0) is 17.7. The summed E-state index contributed by atoms with van der Waals surface area (Å²) < 4.78 is 0. The Bertz CT molecular complexity index is 745. The van der Waals surface area contributed by atoms with Crippen LogP contribution < -0.4 is 0 Å². The van der Waals surface area contributed by atoms with Crippen molar-refractivity contribution in [3.8, 4) is 0 Å². The lowest BCUT2D eigenvalue weighted by molar-refractivity contribution is -0.136. The van der Waals surface area contributed by atoms with Crippen molar-refractivity contribution in [2.24, 2.45) is 0 Å². The summed E-state index contributed by atoms with van der Waals surface area (Å²) in [6.07, 6.45) is -0.164. The van der Waals surface area contributed by atoms with Crippen molar-refractivity contribution < 1.29 is 19.8 Å². The fourth-order valence-corrected chi connectivity index (χ4v) is 2.69. The quantitative estimate of drug-likeness (QED) is 0.751. The highest BCUT2D eigenvalue weighted by Gasteiger charge is 2.22. The first-order valence-corrected chi connectivity index (χ1v) is 7.81. The maximum Gasteiger partial charge on any atom is 0.332 e. The Kier molecular flexibility index (Phi) is 6.01. The predicted molar refractivity (Wildman–Crippen MR) is 92.6 cm³/mol. The lowest BCUT2D eigenvalue weighted by Gasteiger charge is -2.11. The van der Waals surface area contributed by atoms with Crippen molar-refractivity contribution >= 4 is 35.1 Å². The van der Waals surface area contributed by atoms with Gasteiger partial charge in [-0.15, -0.1) is 0 Å². The Hall–Kier alpha value is -2.30. The number of carbonyl (C=O) groups is 2. The van der Waals surface area contributed by atoms with Gasteiger partial charge in [0.25, 0.3) is 0 Å². The van der Waals surface area contributed by atoms with Crippen LogP contribution in [0.25, 0.3) is 0 Å². The van der Waals surface area contributed by atoms with Crippen LogP contribution in [0.1, 0.15) is 11.1 Å². The molecule has 0 saturated heterocycles. The summed E-state index contributed by atoms with van der Waals surface area (Å²) in [5, 5.41) is 19.8. The Morgan fingerprint density at radius 1 is 0.708 bits per heavy atom. The summed E-state index contributed by atoms with van der Waals surface area (Å²) >= 11 is 12.1. The number of rotatable bonds is 6. The van der Waals surface area contributed by atoms with E-state index < -0.39 is 11.9 Å². The average molecular weight is 365 g/mol. The molecule has 0 amide bonds. The smallest absolute Gasteiger partial charge is 0.332 e. The van der Waals surface area contributed by atoms with E-state index in [0.717, 1.165) is 0 Å². The van der Waals surface area contributed by atoms with Crippen LogP contribution in [0.5, 0.6) is 0 Å². The molecule has 0 aliphatic carbocycles. The zero-order valence-corrected chi connectivity index (χ0v) is 14.0. The van der Waals surface area contributed by atoms with Crippen LogP contribution in [0.15, 0.2) is 59.7 Å². The van der Waals surface area contributed by atoms with Crippen molar-refractivity contribution in [3.05, 3.63) is 80.8 Å². The first kappa shape index (κ1) is 18.0. The van der Waals surface area contributed by atoms with Gasteiger partial charge in [0.15, 0.2) is 0 Å². The molecular formula is C18H14Cl2O4. The van der Waals surface area contributed by atoms with Gasteiger partial charge in [-0.1, -0.05) is 59.6 Å². The second kappa shape index (κ2) is 7.99. The van der Waals surface area contributed by atoms with E-state index in [2.05, 4.69) is 0 Å². The SMILES string of the molecule is O=C(O)/C(Cc1ccccc1Cl)=C(\Cc1ccccc1Cl)C(=O)O. The number of halogens is 2. The molecule has 0 radical (unpaired) electrons. The highest BCUT2D eigenvalue weighted by Crippen LogP contribution is 2.24. The maximum absolute atomic E-state index is 11.6. The minimum Gasteiger partial charge on any atom is -0.478 e. The third-order valence-corrected chi connectivity index (χ3v) is 4.27. The van der Waals surface area contributed by atoms with Crippen LogP contribution in [0.2, 0.25) is 10.0 Å². The molecule has 2 aromatic carbocycles. The Balaban J connectivity index is 2.48. The second-order valence-corrected chi connectivity index (χ2v) is 5.92. The third-order valence-electron chi connectivity index (χ3n) is 3.53. The Morgan fingerprint density at radius 3 is 1.33 bits per heavy atom. The van der Waals surface area contributed by atoms with Crippen LogP contribution >= 0.6 is 23.2 Å². The fourth-order valence-electron chi connectivity index (χ4n) is 2.29. The minimum absolute atomic E-state index is 0.0822. The molecule has 0 atom stereocenters. The minimum atomic E-state index is -1.29. The van der Waals surface area contributed by atoms with E-state index in [9.17, 15) is 19.8 Å². The van der Waals surface area contributed by atoms with E-state index in [4.69, 9.17) is 23.2 Å². The number of hydrogen-bond acceptors (Lipinski definition) is 2. The maximum atomic E-state index is 11.6. The molecule has 0 aliphatic heterocycles. The van der Waals surface area contributed by atoms with E-state index in [0.29, 0.717) is 21.2 Å². The molecule has 0 aromatic heterocycles. The van der Waals surface area contributed by atoms with Crippen molar-refractivity contribution in [1.29, 1.82) is 0 Å². The number of carboxylic acid groups (broad SMARTS) is 2. The van der Waals surface area contributed by atoms with Crippen LogP contribution in [0, 0.1) is 0 Å². The predicted octanol–water partition coefficient (Wildman–Crippen LogP) is 4.24. The molecule has 2 rings (SSSR count). The van der Waals surface area contributed by atoms with Gasteiger partial charge < -0.3 is 10.2 Å². The average Bonchev–Trinajstić information content (AvgIpc) is 2.53. The summed E-state index contributed by atoms with van der Waals surface area (Å²) in [6.45, 7) is 0. The van der Waals surface area contributed by atoms with Gasteiger partial charge in [0.05, 0.1) is 11.1 Å². The lowest BCUT2D eigenvalue weighted by Crippen LogP contribution is -2.15.